The van der Waals surface area contributed by atoms with Gasteiger partial charge in [-0.15, -0.1) is 0 Å². The Kier molecular flexibility index (Phi) is 2.10. The zero-order valence-corrected chi connectivity index (χ0v) is 22.8. The van der Waals surface area contributed by atoms with E-state index in [1.165, 1.54) is 108 Å². The molecule has 0 aliphatic rings. The summed E-state index contributed by atoms with van der Waals surface area (Å²) in [5.41, 5.74) is 0. The molecule has 0 spiro atoms. The SMILES string of the molecule is CC.c1cc2c3ccc4c5ccc6c7ccc8c9ccc%10c1c1c2c2c3c4c3c5c6c4c7c8c5c9c%10c1c1c2c3c4c51. The van der Waals surface area contributed by atoms with Crippen molar-refractivity contribution >= 4 is 162 Å². The standard InChI is InChI=1S/C40H10.C2H6/c1-2-12-14-5-6-16-18-9-10-20-19-8-7-17-15-4-3-13-11(1)21-22(12)32-24(14)26(16)34-29(18)30(20)35-28(19)27(17)33-25(15)23(13)31(21)36-37(32)39(34)40(35)38(33)36;1-2/h1-10H;1-2H3. The smallest absolute Gasteiger partial charge is 0.000000767 e. The van der Waals surface area contributed by atoms with Crippen LogP contribution in [0.3, 0.4) is 0 Å². The van der Waals surface area contributed by atoms with Crippen molar-refractivity contribution in [3.05, 3.63) is 60.7 Å². The third kappa shape index (κ3) is 1.23. The first kappa shape index (κ1) is 18.3. The largest absolute Gasteiger partial charge is 0.0683 e. The summed E-state index contributed by atoms with van der Waals surface area (Å²) in [6.07, 6.45) is 0. The minimum absolute atomic E-state index is 1.45. The third-order valence-corrected chi connectivity index (χ3v) is 12.5. The number of fused-ring (bicyclic) bond motifs is 5. The van der Waals surface area contributed by atoms with Crippen molar-refractivity contribution in [1.29, 1.82) is 0 Å². The zero-order chi connectivity index (χ0) is 26.4. The monoisotopic (exact) mass is 520 g/mol. The maximum atomic E-state index is 2.45. The molecule has 42 heavy (non-hydrogen) atoms. The molecule has 0 N–H and O–H groups in total. The Morgan fingerprint density at radius 2 is 0.262 bits per heavy atom. The van der Waals surface area contributed by atoms with Gasteiger partial charge in [-0.3, -0.25) is 0 Å². The van der Waals surface area contributed by atoms with Gasteiger partial charge in [-0.1, -0.05) is 74.5 Å². The topological polar surface area (TPSA) is 0 Å². The molecule has 0 aliphatic heterocycles. The molecule has 184 valence electrons. The molecule has 0 saturated carbocycles. The molecule has 0 bridgehead atoms. The van der Waals surface area contributed by atoms with Gasteiger partial charge in [0.25, 0.3) is 0 Å². The summed E-state index contributed by atoms with van der Waals surface area (Å²) in [6.45, 7) is 4.00. The molecule has 0 saturated heterocycles. The highest BCUT2D eigenvalue weighted by Gasteiger charge is 2.38. The van der Waals surface area contributed by atoms with Crippen LogP contribution in [-0.4, -0.2) is 0 Å². The van der Waals surface area contributed by atoms with Crippen LogP contribution >= 0.6 is 0 Å². The van der Waals surface area contributed by atoms with Gasteiger partial charge in [-0.05, 0) is 162 Å². The van der Waals surface area contributed by atoms with Crippen LogP contribution in [-0.2, 0) is 0 Å². The molecule has 0 atom stereocenters. The molecule has 0 aliphatic carbocycles. The highest BCUT2D eigenvalue weighted by Crippen LogP contribution is 2.67. The first-order chi connectivity index (χ1) is 20.9. The zero-order valence-electron chi connectivity index (χ0n) is 22.8. The van der Waals surface area contributed by atoms with E-state index in [4.69, 9.17) is 0 Å². The molecule has 16 aromatic rings. The van der Waals surface area contributed by atoms with E-state index in [0.717, 1.165) is 0 Å². The predicted molar refractivity (Wildman–Crippen MR) is 186 cm³/mol. The van der Waals surface area contributed by atoms with Crippen LogP contribution in [0.2, 0.25) is 0 Å². The van der Waals surface area contributed by atoms with Gasteiger partial charge in [0.1, 0.15) is 0 Å². The van der Waals surface area contributed by atoms with Gasteiger partial charge >= 0.3 is 0 Å². The van der Waals surface area contributed by atoms with Crippen molar-refractivity contribution in [1.82, 2.24) is 0 Å². The summed E-state index contributed by atoms with van der Waals surface area (Å²) in [4.78, 5) is 0. The van der Waals surface area contributed by atoms with Gasteiger partial charge in [-0.25, -0.2) is 0 Å². The summed E-state index contributed by atoms with van der Waals surface area (Å²) >= 11 is 0. The van der Waals surface area contributed by atoms with Crippen molar-refractivity contribution in [3.63, 3.8) is 0 Å². The Bertz CT molecular complexity index is 2880. The first-order valence-corrected chi connectivity index (χ1v) is 15.6. The molecule has 16 rings (SSSR count). The second-order valence-corrected chi connectivity index (χ2v) is 13.3. The molecular weight excluding hydrogens is 504 g/mol. The van der Waals surface area contributed by atoms with E-state index in [2.05, 4.69) is 60.7 Å². The van der Waals surface area contributed by atoms with Crippen LogP contribution in [0.15, 0.2) is 60.7 Å². The fourth-order valence-corrected chi connectivity index (χ4v) is 11.6. The Balaban J connectivity index is 0.000000963. The van der Waals surface area contributed by atoms with Crippen LogP contribution in [0.5, 0.6) is 0 Å². The summed E-state index contributed by atoms with van der Waals surface area (Å²) in [5.74, 6) is 0. The predicted octanol–water partition coefficient (Wildman–Crippen LogP) is 12.7. The van der Waals surface area contributed by atoms with Gasteiger partial charge < -0.3 is 0 Å². The van der Waals surface area contributed by atoms with Crippen LogP contribution in [0.25, 0.3) is 162 Å². The van der Waals surface area contributed by atoms with E-state index in [9.17, 15) is 0 Å². The third-order valence-electron chi connectivity index (χ3n) is 12.5. The highest BCUT2D eigenvalue weighted by molar-refractivity contribution is 6.70. The van der Waals surface area contributed by atoms with Crippen LogP contribution < -0.4 is 0 Å². The average molecular weight is 521 g/mol. The summed E-state index contributed by atoms with van der Waals surface area (Å²) < 4.78 is 0. The van der Waals surface area contributed by atoms with Crippen molar-refractivity contribution in [2.24, 2.45) is 0 Å². The lowest BCUT2D eigenvalue weighted by Gasteiger charge is -2.11. The molecule has 0 unspecified atom stereocenters. The van der Waals surface area contributed by atoms with Crippen molar-refractivity contribution in [2.75, 3.05) is 0 Å². The van der Waals surface area contributed by atoms with Crippen LogP contribution in [0.1, 0.15) is 13.8 Å². The van der Waals surface area contributed by atoms with Crippen molar-refractivity contribution < 1.29 is 0 Å². The second kappa shape index (κ2) is 4.82. The molecule has 0 heterocycles. The lowest BCUT2D eigenvalue weighted by molar-refractivity contribution is 1.50. The van der Waals surface area contributed by atoms with E-state index in [0.29, 0.717) is 0 Å². The molecule has 16 aromatic carbocycles. The lowest BCUT2D eigenvalue weighted by Crippen LogP contribution is -1.82. The Morgan fingerprint density at radius 3 is 0.381 bits per heavy atom. The molecule has 0 radical (unpaired) electrons. The number of hydrogen-bond acceptors (Lipinski definition) is 0. The second-order valence-electron chi connectivity index (χ2n) is 13.3. The minimum atomic E-state index is 1.45. The molecule has 0 nitrogen and oxygen atoms in total. The summed E-state index contributed by atoms with van der Waals surface area (Å²) in [7, 11) is 0. The highest BCUT2D eigenvalue weighted by atomic mass is 14.4. The van der Waals surface area contributed by atoms with Gasteiger partial charge in [0.2, 0.25) is 0 Å². The van der Waals surface area contributed by atoms with E-state index < -0.39 is 0 Å². The molecule has 0 heteroatoms. The number of hydrogen-bond donors (Lipinski definition) is 0. The van der Waals surface area contributed by atoms with E-state index >= 15 is 0 Å². The molecule has 0 amide bonds. The fourth-order valence-electron chi connectivity index (χ4n) is 11.6. The van der Waals surface area contributed by atoms with Crippen molar-refractivity contribution in [2.45, 2.75) is 13.8 Å². The summed E-state index contributed by atoms with van der Waals surface area (Å²) in [5, 5.41) is 45.5. The number of rotatable bonds is 0. The fraction of sp³-hybridized carbons (Fsp3) is 0.0476. The van der Waals surface area contributed by atoms with Crippen molar-refractivity contribution in [3.8, 4) is 0 Å². The van der Waals surface area contributed by atoms with Crippen LogP contribution in [0.4, 0.5) is 0 Å². The van der Waals surface area contributed by atoms with Gasteiger partial charge in [-0.2, -0.15) is 0 Å². The Labute approximate surface area is 235 Å². The molecule has 0 fully saturated rings. The van der Waals surface area contributed by atoms with Gasteiger partial charge in [0.05, 0.1) is 0 Å². The summed E-state index contributed by atoms with van der Waals surface area (Å²) in [6, 6.07) is 24.5. The maximum Gasteiger partial charge on any atom is -0.000000767 e. The number of benzene rings is 10. The molecular formula is C42H16. The molecule has 0 aromatic heterocycles. The minimum Gasteiger partial charge on any atom is -0.0683 e. The normalized spacial score (nSPS) is 14.9. The van der Waals surface area contributed by atoms with E-state index in [1.54, 1.807) is 53.9 Å². The maximum absolute atomic E-state index is 2.45. The first-order valence-electron chi connectivity index (χ1n) is 15.6. The van der Waals surface area contributed by atoms with Gasteiger partial charge in [0, 0.05) is 0 Å². The Hall–Kier alpha value is -5.20. The Morgan fingerprint density at radius 1 is 0.167 bits per heavy atom. The van der Waals surface area contributed by atoms with Gasteiger partial charge in [0.15, 0.2) is 0 Å². The van der Waals surface area contributed by atoms with E-state index in [-0.39, 0.29) is 0 Å². The van der Waals surface area contributed by atoms with Crippen LogP contribution in [0, 0.1) is 0 Å². The quantitative estimate of drug-likeness (QED) is 0.174. The average Bonchev–Trinajstić information content (AvgIpc) is 3.85. The van der Waals surface area contributed by atoms with E-state index in [1.807, 2.05) is 13.8 Å². The lowest BCUT2D eigenvalue weighted by atomic mass is 9.90.